The molecule has 0 unspecified atom stereocenters. The number of carbonyl (C=O) groups is 2. The molecule has 5 nitrogen and oxygen atoms in total. The van der Waals surface area contributed by atoms with E-state index in [-0.39, 0.29) is 17.7 Å². The van der Waals surface area contributed by atoms with Crippen molar-refractivity contribution >= 4 is 11.8 Å². The highest BCUT2D eigenvalue weighted by Gasteiger charge is 2.31. The van der Waals surface area contributed by atoms with Crippen LogP contribution in [0.2, 0.25) is 0 Å². The normalized spacial score (nSPS) is 27.2. The lowest BCUT2D eigenvalue weighted by Gasteiger charge is -2.31. The van der Waals surface area contributed by atoms with E-state index in [2.05, 4.69) is 22.5 Å². The summed E-state index contributed by atoms with van der Waals surface area (Å²) in [6.45, 7) is 5.03. The smallest absolute Gasteiger partial charge is 0.234 e. The van der Waals surface area contributed by atoms with Gasteiger partial charge in [0.15, 0.2) is 0 Å². The van der Waals surface area contributed by atoms with Crippen LogP contribution in [-0.4, -0.2) is 48.9 Å². The highest BCUT2D eigenvalue weighted by atomic mass is 16.2. The van der Waals surface area contributed by atoms with E-state index in [1.54, 1.807) is 0 Å². The Morgan fingerprint density at radius 1 is 1.18 bits per heavy atom. The van der Waals surface area contributed by atoms with Crippen LogP contribution in [-0.2, 0) is 9.59 Å². The maximum absolute atomic E-state index is 12.2. The van der Waals surface area contributed by atoms with E-state index in [9.17, 15) is 9.59 Å². The van der Waals surface area contributed by atoms with Crippen LogP contribution in [0.15, 0.2) is 0 Å². The topological polar surface area (TPSA) is 61.4 Å². The van der Waals surface area contributed by atoms with Crippen molar-refractivity contribution < 1.29 is 9.59 Å². The number of piperidine rings is 1. The van der Waals surface area contributed by atoms with Crippen LogP contribution in [0.4, 0.5) is 0 Å². The van der Waals surface area contributed by atoms with Gasteiger partial charge < -0.3 is 10.6 Å². The van der Waals surface area contributed by atoms with Crippen molar-refractivity contribution in [2.45, 2.75) is 51.5 Å². The van der Waals surface area contributed by atoms with Gasteiger partial charge in [-0.05, 0) is 63.8 Å². The first kappa shape index (κ1) is 15.8. The molecule has 2 atom stereocenters. The number of amides is 2. The second-order valence-corrected chi connectivity index (χ2v) is 7.46. The summed E-state index contributed by atoms with van der Waals surface area (Å²) in [6.07, 6.45) is 6.97. The zero-order valence-electron chi connectivity index (χ0n) is 13.6. The number of nitrogens with one attached hydrogen (secondary N) is 2. The van der Waals surface area contributed by atoms with E-state index in [0.717, 1.165) is 38.4 Å². The van der Waals surface area contributed by atoms with Gasteiger partial charge in [0, 0.05) is 19.1 Å². The van der Waals surface area contributed by atoms with Crippen LogP contribution < -0.4 is 10.6 Å². The van der Waals surface area contributed by atoms with Gasteiger partial charge in [0.1, 0.15) is 0 Å². The SMILES string of the molecule is C[C@H](NC(=O)CN1CCC[C@H](C(=O)NCC2CC2)C1)C1CC1. The first-order valence-corrected chi connectivity index (χ1v) is 8.91. The molecule has 2 N–H and O–H groups in total. The van der Waals surface area contributed by atoms with Crippen molar-refractivity contribution in [3.63, 3.8) is 0 Å². The third kappa shape index (κ3) is 4.70. The second-order valence-electron chi connectivity index (χ2n) is 7.46. The van der Waals surface area contributed by atoms with Crippen LogP contribution in [0.25, 0.3) is 0 Å². The van der Waals surface area contributed by atoms with Gasteiger partial charge in [-0.2, -0.15) is 0 Å². The Bertz CT molecular complexity index is 418. The summed E-state index contributed by atoms with van der Waals surface area (Å²) in [5.74, 6) is 1.76. The third-order valence-corrected chi connectivity index (χ3v) is 5.22. The van der Waals surface area contributed by atoms with Crippen LogP contribution in [0.1, 0.15) is 45.4 Å². The molecule has 124 valence electrons. The van der Waals surface area contributed by atoms with Gasteiger partial charge in [-0.25, -0.2) is 0 Å². The van der Waals surface area contributed by atoms with Crippen LogP contribution in [0, 0.1) is 17.8 Å². The average molecular weight is 307 g/mol. The van der Waals surface area contributed by atoms with Gasteiger partial charge in [0.2, 0.25) is 11.8 Å². The molecule has 3 fully saturated rings. The molecule has 5 heteroatoms. The Hall–Kier alpha value is -1.10. The monoisotopic (exact) mass is 307 g/mol. The summed E-state index contributed by atoms with van der Waals surface area (Å²) in [4.78, 5) is 26.4. The lowest BCUT2D eigenvalue weighted by molar-refractivity contribution is -0.129. The fraction of sp³-hybridized carbons (Fsp3) is 0.882. The Kier molecular flexibility index (Phi) is 5.01. The Labute approximate surface area is 133 Å². The molecule has 0 spiro atoms. The first-order chi connectivity index (χ1) is 10.6. The van der Waals surface area contributed by atoms with Crippen molar-refractivity contribution in [2.75, 3.05) is 26.2 Å². The predicted octanol–water partition coefficient (Wildman–Crippen LogP) is 1.14. The van der Waals surface area contributed by atoms with E-state index in [1.807, 2.05) is 0 Å². The van der Waals surface area contributed by atoms with Gasteiger partial charge in [-0.3, -0.25) is 14.5 Å². The van der Waals surface area contributed by atoms with Gasteiger partial charge in [-0.15, -0.1) is 0 Å². The van der Waals surface area contributed by atoms with Crippen molar-refractivity contribution in [3.8, 4) is 0 Å². The molecule has 0 bridgehead atoms. The van der Waals surface area contributed by atoms with Gasteiger partial charge in [-0.1, -0.05) is 0 Å². The zero-order valence-corrected chi connectivity index (χ0v) is 13.6. The Balaban J connectivity index is 1.39. The quantitative estimate of drug-likeness (QED) is 0.741. The molecule has 2 amide bonds. The van der Waals surface area contributed by atoms with E-state index >= 15 is 0 Å². The third-order valence-electron chi connectivity index (χ3n) is 5.22. The largest absolute Gasteiger partial charge is 0.356 e. The number of carbonyl (C=O) groups excluding carboxylic acids is 2. The molecule has 1 heterocycles. The maximum Gasteiger partial charge on any atom is 0.234 e. The Morgan fingerprint density at radius 3 is 2.64 bits per heavy atom. The van der Waals surface area contributed by atoms with Crippen molar-refractivity contribution in [1.29, 1.82) is 0 Å². The van der Waals surface area contributed by atoms with E-state index in [1.165, 1.54) is 25.7 Å². The standard InChI is InChI=1S/C17H29N3O2/c1-12(14-6-7-14)19-16(21)11-20-8-2-3-15(10-20)17(22)18-9-13-4-5-13/h12-15H,2-11H2,1H3,(H,18,22)(H,19,21)/t12-,15-/m0/s1. The molecule has 1 saturated heterocycles. The van der Waals surface area contributed by atoms with Gasteiger partial charge in [0.05, 0.1) is 12.5 Å². The molecule has 0 aromatic rings. The summed E-state index contributed by atoms with van der Waals surface area (Å²) in [5.41, 5.74) is 0. The number of rotatable bonds is 7. The molecule has 2 aliphatic carbocycles. The fourth-order valence-corrected chi connectivity index (χ4v) is 3.34. The van der Waals surface area contributed by atoms with E-state index in [0.29, 0.717) is 18.5 Å². The molecular weight excluding hydrogens is 278 g/mol. The number of hydrogen-bond acceptors (Lipinski definition) is 3. The molecule has 0 aromatic carbocycles. The summed E-state index contributed by atoms with van der Waals surface area (Å²) in [6, 6.07) is 0.301. The van der Waals surface area contributed by atoms with Crippen LogP contribution in [0.3, 0.4) is 0 Å². The minimum Gasteiger partial charge on any atom is -0.356 e. The van der Waals surface area contributed by atoms with Crippen LogP contribution in [0.5, 0.6) is 0 Å². The summed E-state index contributed by atoms with van der Waals surface area (Å²) in [7, 11) is 0. The van der Waals surface area contributed by atoms with Crippen molar-refractivity contribution in [3.05, 3.63) is 0 Å². The molecule has 0 radical (unpaired) electrons. The van der Waals surface area contributed by atoms with Gasteiger partial charge in [0.25, 0.3) is 0 Å². The Morgan fingerprint density at radius 2 is 1.95 bits per heavy atom. The summed E-state index contributed by atoms with van der Waals surface area (Å²) >= 11 is 0. The minimum absolute atomic E-state index is 0.0566. The molecule has 2 saturated carbocycles. The van der Waals surface area contributed by atoms with E-state index < -0.39 is 0 Å². The predicted molar refractivity (Wildman–Crippen MR) is 85.2 cm³/mol. The van der Waals surface area contributed by atoms with Crippen LogP contribution >= 0.6 is 0 Å². The number of likely N-dealkylation sites (tertiary alicyclic amines) is 1. The minimum atomic E-state index is 0.0566. The lowest BCUT2D eigenvalue weighted by Crippen LogP contribution is -2.48. The molecule has 3 rings (SSSR count). The highest BCUT2D eigenvalue weighted by Crippen LogP contribution is 2.32. The maximum atomic E-state index is 12.2. The van der Waals surface area contributed by atoms with Crippen molar-refractivity contribution in [1.82, 2.24) is 15.5 Å². The number of hydrogen-bond donors (Lipinski definition) is 2. The summed E-state index contributed by atoms with van der Waals surface area (Å²) in [5, 5.41) is 6.18. The average Bonchev–Trinajstić information content (AvgIpc) is 3.38. The molecule has 0 aromatic heterocycles. The fourth-order valence-electron chi connectivity index (χ4n) is 3.34. The highest BCUT2D eigenvalue weighted by molar-refractivity contribution is 5.80. The van der Waals surface area contributed by atoms with Gasteiger partial charge >= 0.3 is 0 Å². The van der Waals surface area contributed by atoms with Crippen molar-refractivity contribution in [2.24, 2.45) is 17.8 Å². The molecule has 22 heavy (non-hydrogen) atoms. The van der Waals surface area contributed by atoms with E-state index in [4.69, 9.17) is 0 Å². The lowest BCUT2D eigenvalue weighted by atomic mass is 9.97. The first-order valence-electron chi connectivity index (χ1n) is 8.91. The zero-order chi connectivity index (χ0) is 15.5. The molecule has 3 aliphatic rings. The summed E-state index contributed by atoms with van der Waals surface area (Å²) < 4.78 is 0. The molecule has 1 aliphatic heterocycles. The second kappa shape index (κ2) is 6.99. The number of nitrogens with zero attached hydrogens (tertiary/aromatic N) is 1. The molecular formula is C17H29N3O2.